The fourth-order valence-corrected chi connectivity index (χ4v) is 1.87. The molecule has 1 aliphatic rings. The van der Waals surface area contributed by atoms with Gasteiger partial charge in [-0.2, -0.15) is 0 Å². The molecule has 1 saturated heterocycles. The number of hydrogen-bond acceptors (Lipinski definition) is 4. The molecule has 0 spiro atoms. The van der Waals surface area contributed by atoms with Crippen molar-refractivity contribution in [3.63, 3.8) is 0 Å². The van der Waals surface area contributed by atoms with Crippen LogP contribution in [0, 0.1) is 5.92 Å². The summed E-state index contributed by atoms with van der Waals surface area (Å²) in [5.74, 6) is -1.70. The zero-order valence-corrected chi connectivity index (χ0v) is 11.5. The fourth-order valence-electron chi connectivity index (χ4n) is 1.67. The SMILES string of the molecule is CC[NH+](CC)CCN=CC1C(=O)NC(=S)NC1=O. The molecule has 1 aliphatic heterocycles. The van der Waals surface area contributed by atoms with Gasteiger partial charge in [-0.3, -0.25) is 14.6 Å². The van der Waals surface area contributed by atoms with Crippen molar-refractivity contribution in [1.82, 2.24) is 10.6 Å². The summed E-state index contributed by atoms with van der Waals surface area (Å²) in [5, 5.41) is 4.85. The number of carbonyl (C=O) groups is 2. The van der Waals surface area contributed by atoms with Gasteiger partial charge in [0.1, 0.15) is 0 Å². The zero-order valence-electron chi connectivity index (χ0n) is 10.7. The molecule has 6 nitrogen and oxygen atoms in total. The number of quaternary nitrogens is 1. The molecule has 100 valence electrons. The van der Waals surface area contributed by atoms with Gasteiger partial charge in [-0.15, -0.1) is 0 Å². The zero-order chi connectivity index (χ0) is 13.5. The largest absolute Gasteiger partial charge is 0.334 e. The second-order valence-corrected chi connectivity index (χ2v) is 4.46. The molecule has 0 atom stereocenters. The number of aliphatic imine (C=N–C) groups is 1. The molecule has 1 heterocycles. The maximum Gasteiger partial charge on any atom is 0.244 e. The first kappa shape index (κ1) is 14.7. The molecule has 0 aromatic heterocycles. The summed E-state index contributed by atoms with van der Waals surface area (Å²) in [5.41, 5.74) is 0. The number of thiocarbonyl (C=S) groups is 1. The lowest BCUT2D eigenvalue weighted by Crippen LogP contribution is -3.11. The monoisotopic (exact) mass is 271 g/mol. The predicted octanol–water partition coefficient (Wildman–Crippen LogP) is -1.87. The fraction of sp³-hybridized carbons (Fsp3) is 0.636. The number of nitrogens with one attached hydrogen (secondary N) is 3. The van der Waals surface area contributed by atoms with Crippen molar-refractivity contribution in [2.75, 3.05) is 26.2 Å². The first-order valence-corrected chi connectivity index (χ1v) is 6.48. The Morgan fingerprint density at radius 1 is 1.28 bits per heavy atom. The minimum absolute atomic E-state index is 0.0576. The van der Waals surface area contributed by atoms with Crippen LogP contribution < -0.4 is 15.5 Å². The first-order valence-electron chi connectivity index (χ1n) is 6.07. The van der Waals surface area contributed by atoms with E-state index in [9.17, 15) is 9.59 Å². The van der Waals surface area contributed by atoms with Gasteiger partial charge in [-0.25, -0.2) is 0 Å². The molecule has 1 fully saturated rings. The highest BCUT2D eigenvalue weighted by Crippen LogP contribution is 1.98. The van der Waals surface area contributed by atoms with E-state index >= 15 is 0 Å². The third-order valence-electron chi connectivity index (χ3n) is 2.89. The molecule has 0 bridgehead atoms. The van der Waals surface area contributed by atoms with Gasteiger partial charge in [0.15, 0.2) is 11.0 Å². The van der Waals surface area contributed by atoms with E-state index in [4.69, 9.17) is 12.2 Å². The van der Waals surface area contributed by atoms with Crippen molar-refractivity contribution in [2.45, 2.75) is 13.8 Å². The summed E-state index contributed by atoms with van der Waals surface area (Å²) in [4.78, 5) is 28.6. The van der Waals surface area contributed by atoms with Gasteiger partial charge in [0.2, 0.25) is 11.8 Å². The van der Waals surface area contributed by atoms with Crippen molar-refractivity contribution < 1.29 is 14.5 Å². The van der Waals surface area contributed by atoms with Gasteiger partial charge >= 0.3 is 0 Å². The molecule has 1 rings (SSSR count). The number of nitrogens with zero attached hydrogens (tertiary/aromatic N) is 1. The van der Waals surface area contributed by atoms with Crippen LogP contribution in [0.4, 0.5) is 0 Å². The average molecular weight is 271 g/mol. The Hall–Kier alpha value is -1.34. The Balaban J connectivity index is 2.44. The number of rotatable bonds is 6. The molecule has 7 heteroatoms. The summed E-state index contributed by atoms with van der Waals surface area (Å²) in [7, 11) is 0. The number of carbonyl (C=O) groups excluding carboxylic acids is 2. The Bertz CT molecular complexity index is 346. The van der Waals surface area contributed by atoms with Crippen LogP contribution in [0.3, 0.4) is 0 Å². The van der Waals surface area contributed by atoms with Crippen molar-refractivity contribution in [1.29, 1.82) is 0 Å². The lowest BCUT2D eigenvalue weighted by molar-refractivity contribution is -0.894. The van der Waals surface area contributed by atoms with E-state index in [-0.39, 0.29) is 5.11 Å². The van der Waals surface area contributed by atoms with Gasteiger partial charge in [0.25, 0.3) is 0 Å². The van der Waals surface area contributed by atoms with Crippen LogP contribution in [0.1, 0.15) is 13.8 Å². The topological polar surface area (TPSA) is 75.0 Å². The van der Waals surface area contributed by atoms with Crippen LogP contribution in [-0.2, 0) is 9.59 Å². The molecule has 0 aromatic rings. The number of likely N-dealkylation sites (N-methyl/N-ethyl adjacent to an activating group) is 1. The Labute approximate surface area is 112 Å². The normalized spacial score (nSPS) is 17.4. The minimum Gasteiger partial charge on any atom is -0.334 e. The second-order valence-electron chi connectivity index (χ2n) is 4.05. The Morgan fingerprint density at radius 3 is 2.33 bits per heavy atom. The van der Waals surface area contributed by atoms with Crippen LogP contribution in [0.25, 0.3) is 0 Å². The Kier molecular flexibility index (Phi) is 5.87. The maximum atomic E-state index is 11.5. The van der Waals surface area contributed by atoms with Gasteiger partial charge in [-0.05, 0) is 26.1 Å². The van der Waals surface area contributed by atoms with Crippen LogP contribution >= 0.6 is 12.2 Å². The molecule has 0 saturated carbocycles. The standard InChI is InChI=1S/C11H18N4O2S/c1-3-15(4-2)6-5-12-7-8-9(16)13-11(18)14-10(8)17/h7-8H,3-6H2,1-2H3,(H2,13,14,16,17,18)/p+1. The van der Waals surface area contributed by atoms with Crippen molar-refractivity contribution in [2.24, 2.45) is 10.9 Å². The van der Waals surface area contributed by atoms with Crippen molar-refractivity contribution in [3.05, 3.63) is 0 Å². The first-order chi connectivity index (χ1) is 8.58. The van der Waals surface area contributed by atoms with Gasteiger partial charge < -0.3 is 15.5 Å². The molecule has 0 unspecified atom stereocenters. The highest BCUT2D eigenvalue weighted by molar-refractivity contribution is 7.80. The summed E-state index contributed by atoms with van der Waals surface area (Å²) in [6.45, 7) is 7.84. The van der Waals surface area contributed by atoms with Crippen molar-refractivity contribution >= 4 is 35.4 Å². The van der Waals surface area contributed by atoms with E-state index in [0.29, 0.717) is 6.54 Å². The summed E-state index contributed by atoms with van der Waals surface area (Å²) >= 11 is 4.70. The van der Waals surface area contributed by atoms with E-state index in [2.05, 4.69) is 29.5 Å². The van der Waals surface area contributed by atoms with Crippen LogP contribution in [0.5, 0.6) is 0 Å². The molecule has 2 amide bonds. The van der Waals surface area contributed by atoms with E-state index < -0.39 is 17.7 Å². The van der Waals surface area contributed by atoms with Gasteiger partial charge in [-0.1, -0.05) is 0 Å². The average Bonchev–Trinajstić information content (AvgIpc) is 2.32. The molecule has 0 aliphatic carbocycles. The van der Waals surface area contributed by atoms with E-state index in [1.165, 1.54) is 11.1 Å². The van der Waals surface area contributed by atoms with E-state index in [0.717, 1.165) is 19.6 Å². The smallest absolute Gasteiger partial charge is 0.244 e. The van der Waals surface area contributed by atoms with Gasteiger partial charge in [0, 0.05) is 6.21 Å². The second kappa shape index (κ2) is 7.17. The van der Waals surface area contributed by atoms with Crippen LogP contribution in [0.15, 0.2) is 4.99 Å². The van der Waals surface area contributed by atoms with Crippen LogP contribution in [-0.4, -0.2) is 49.3 Å². The van der Waals surface area contributed by atoms with Crippen LogP contribution in [0.2, 0.25) is 0 Å². The highest BCUT2D eigenvalue weighted by Gasteiger charge is 2.30. The van der Waals surface area contributed by atoms with E-state index in [1.54, 1.807) is 0 Å². The third kappa shape index (κ3) is 4.15. The lowest BCUT2D eigenvalue weighted by atomic mass is 10.1. The number of amides is 2. The molecule has 0 aromatic carbocycles. The summed E-state index contributed by atoms with van der Waals surface area (Å²) in [6.07, 6.45) is 1.40. The Morgan fingerprint density at radius 2 is 1.83 bits per heavy atom. The predicted molar refractivity (Wildman–Crippen MR) is 72.6 cm³/mol. The molecular weight excluding hydrogens is 252 g/mol. The lowest BCUT2D eigenvalue weighted by Gasteiger charge is -2.19. The molecule has 0 radical (unpaired) electrons. The quantitative estimate of drug-likeness (QED) is 0.301. The highest BCUT2D eigenvalue weighted by atomic mass is 32.1. The molecular formula is C11H19N4O2S+. The molecule has 3 N–H and O–H groups in total. The summed E-state index contributed by atoms with van der Waals surface area (Å²) in [6, 6.07) is 0. The van der Waals surface area contributed by atoms with E-state index in [1.807, 2.05) is 0 Å². The molecule has 18 heavy (non-hydrogen) atoms. The summed E-state index contributed by atoms with van der Waals surface area (Å²) < 4.78 is 0. The third-order valence-corrected chi connectivity index (χ3v) is 3.09. The van der Waals surface area contributed by atoms with Gasteiger partial charge in [0.05, 0.1) is 26.2 Å². The van der Waals surface area contributed by atoms with Crippen molar-refractivity contribution in [3.8, 4) is 0 Å². The number of hydrogen-bond donors (Lipinski definition) is 3. The maximum absolute atomic E-state index is 11.5. The minimum atomic E-state index is -0.872.